The van der Waals surface area contributed by atoms with Crippen LogP contribution in [-0.2, 0) is 14.3 Å². The molecule has 0 saturated carbocycles. The van der Waals surface area contributed by atoms with Crippen LogP contribution in [0.1, 0.15) is 46.1 Å². The van der Waals surface area contributed by atoms with Gasteiger partial charge in [0.1, 0.15) is 28.9 Å². The molecule has 6 nitrogen and oxygen atoms in total. The molecular formula is C24H29Cl2N3O3. The molecule has 32 heavy (non-hydrogen) atoms. The van der Waals surface area contributed by atoms with Crippen molar-refractivity contribution in [1.29, 1.82) is 0 Å². The Bertz CT molecular complexity index is 1040. The zero-order valence-corrected chi connectivity index (χ0v) is 20.6. The number of carbonyl (C=O) groups excluding carboxylic acids is 1. The predicted molar refractivity (Wildman–Crippen MR) is 128 cm³/mol. The van der Waals surface area contributed by atoms with Gasteiger partial charge in [0, 0.05) is 35.1 Å². The van der Waals surface area contributed by atoms with Crippen molar-refractivity contribution < 1.29 is 14.3 Å². The van der Waals surface area contributed by atoms with Crippen LogP contribution in [-0.4, -0.2) is 45.7 Å². The number of aromatic nitrogens is 2. The third kappa shape index (κ3) is 5.67. The first kappa shape index (κ1) is 24.2. The van der Waals surface area contributed by atoms with Crippen LogP contribution in [0.2, 0.25) is 10.2 Å². The Labute approximate surface area is 199 Å². The largest absolute Gasteiger partial charge is 0.495 e. The molecule has 0 N–H and O–H groups in total. The molecule has 0 aliphatic carbocycles. The molecule has 1 aliphatic heterocycles. The van der Waals surface area contributed by atoms with Crippen LogP contribution in [0, 0.1) is 0 Å². The first-order valence-corrected chi connectivity index (χ1v) is 11.3. The Morgan fingerprint density at radius 1 is 1.28 bits per heavy atom. The summed E-state index contributed by atoms with van der Waals surface area (Å²) in [7, 11) is 1.61. The second kappa shape index (κ2) is 10.0. The Balaban J connectivity index is 1.96. The summed E-state index contributed by atoms with van der Waals surface area (Å²) < 4.78 is 13.3. The molecular weight excluding hydrogens is 449 g/mol. The van der Waals surface area contributed by atoms with Crippen LogP contribution in [0.5, 0.6) is 0 Å². The topological polar surface area (TPSA) is 56.6 Å². The minimum Gasteiger partial charge on any atom is -0.495 e. The van der Waals surface area contributed by atoms with E-state index in [2.05, 4.69) is 11.9 Å². The number of hydrogen-bond acceptors (Lipinski definition) is 5. The van der Waals surface area contributed by atoms with E-state index in [0.717, 1.165) is 23.2 Å². The van der Waals surface area contributed by atoms with Gasteiger partial charge in [-0.1, -0.05) is 42.6 Å². The van der Waals surface area contributed by atoms with Gasteiger partial charge in [-0.2, -0.15) is 0 Å². The number of rotatable bonds is 7. The molecule has 3 rings (SSSR count). The number of halogens is 2. The summed E-state index contributed by atoms with van der Waals surface area (Å²) in [5, 5.41) is 1.00. The summed E-state index contributed by atoms with van der Waals surface area (Å²) in [6.07, 6.45) is 8.85. The molecule has 8 heteroatoms. The zero-order chi connectivity index (χ0) is 23.5. The minimum absolute atomic E-state index is 0.237. The normalized spacial score (nSPS) is 15.2. The number of nitrogens with zero attached hydrogens (tertiary/aromatic N) is 3. The smallest absolute Gasteiger partial charge is 0.329 e. The van der Waals surface area contributed by atoms with E-state index < -0.39 is 11.6 Å². The number of benzene rings is 1. The van der Waals surface area contributed by atoms with Crippen LogP contribution < -0.4 is 0 Å². The Kier molecular flexibility index (Phi) is 7.57. The van der Waals surface area contributed by atoms with Gasteiger partial charge in [-0.3, -0.25) is 0 Å². The van der Waals surface area contributed by atoms with E-state index in [4.69, 9.17) is 32.7 Å². The quantitative estimate of drug-likeness (QED) is 0.466. The third-order valence-electron chi connectivity index (χ3n) is 4.99. The maximum Gasteiger partial charge on any atom is 0.329 e. The highest BCUT2D eigenvalue weighted by atomic mass is 35.5. The lowest BCUT2D eigenvalue weighted by Gasteiger charge is -2.34. The number of esters is 1. The van der Waals surface area contributed by atoms with E-state index in [1.807, 2.05) is 60.7 Å². The number of allylic oxidation sites excluding steroid dienone is 1. The van der Waals surface area contributed by atoms with Crippen molar-refractivity contribution in [2.45, 2.75) is 52.2 Å². The van der Waals surface area contributed by atoms with E-state index in [1.54, 1.807) is 19.6 Å². The van der Waals surface area contributed by atoms with Gasteiger partial charge >= 0.3 is 5.97 Å². The first-order valence-electron chi connectivity index (χ1n) is 10.6. The molecule has 1 aromatic carbocycles. The van der Waals surface area contributed by atoms with Crippen LogP contribution in [0.25, 0.3) is 11.3 Å². The Morgan fingerprint density at radius 2 is 2.03 bits per heavy atom. The predicted octanol–water partition coefficient (Wildman–Crippen LogP) is 5.88. The molecule has 0 amide bonds. The highest BCUT2D eigenvalue weighted by Gasteiger charge is 2.31. The molecule has 0 fully saturated rings. The minimum atomic E-state index is -0.546. The van der Waals surface area contributed by atoms with Crippen molar-refractivity contribution in [3.05, 3.63) is 64.5 Å². The number of imidazole rings is 1. The van der Waals surface area contributed by atoms with Crippen LogP contribution in [0.4, 0.5) is 0 Å². The van der Waals surface area contributed by atoms with Crippen molar-refractivity contribution in [3.8, 4) is 5.69 Å². The maximum absolute atomic E-state index is 12.9. The van der Waals surface area contributed by atoms with Gasteiger partial charge in [-0.05, 0) is 45.4 Å². The molecule has 0 radical (unpaired) electrons. The fourth-order valence-electron chi connectivity index (χ4n) is 3.63. The fourth-order valence-corrected chi connectivity index (χ4v) is 3.96. The highest BCUT2D eigenvalue weighted by molar-refractivity contribution is 6.31. The second-order valence-corrected chi connectivity index (χ2v) is 9.44. The maximum atomic E-state index is 12.9. The van der Waals surface area contributed by atoms with Gasteiger partial charge in [0.15, 0.2) is 0 Å². The zero-order valence-electron chi connectivity index (χ0n) is 19.1. The molecule has 1 unspecified atom stereocenters. The molecule has 172 valence electrons. The molecule has 2 aromatic rings. The Morgan fingerprint density at radius 3 is 2.62 bits per heavy atom. The van der Waals surface area contributed by atoms with Crippen LogP contribution >= 0.6 is 23.2 Å². The lowest BCUT2D eigenvalue weighted by molar-refractivity contribution is -0.160. The molecule has 0 spiro atoms. The van der Waals surface area contributed by atoms with E-state index in [1.165, 1.54) is 0 Å². The molecule has 1 aromatic heterocycles. The van der Waals surface area contributed by atoms with Gasteiger partial charge in [-0.15, -0.1) is 0 Å². The van der Waals surface area contributed by atoms with Gasteiger partial charge in [0.2, 0.25) is 0 Å². The number of ether oxygens (including phenoxy) is 2. The average molecular weight is 478 g/mol. The summed E-state index contributed by atoms with van der Waals surface area (Å²) >= 11 is 12.4. The SMILES string of the molecule is CCCC(C(=O)OC(C)(C)C)N1C=C(OC)C(c2cc(Cl)ccc2-n2cnc(Cl)c2)=CC1. The molecule has 1 atom stereocenters. The monoisotopic (exact) mass is 477 g/mol. The van der Waals surface area contributed by atoms with Crippen molar-refractivity contribution in [3.63, 3.8) is 0 Å². The summed E-state index contributed by atoms with van der Waals surface area (Å²) in [5.74, 6) is 0.398. The van der Waals surface area contributed by atoms with Crippen LogP contribution in [0.3, 0.4) is 0 Å². The van der Waals surface area contributed by atoms with Crippen molar-refractivity contribution in [2.24, 2.45) is 0 Å². The molecule has 0 saturated heterocycles. The van der Waals surface area contributed by atoms with Gasteiger partial charge in [-0.25, -0.2) is 9.78 Å². The second-order valence-electron chi connectivity index (χ2n) is 8.62. The van der Waals surface area contributed by atoms with Crippen molar-refractivity contribution >= 4 is 34.7 Å². The van der Waals surface area contributed by atoms with Gasteiger partial charge < -0.3 is 18.9 Å². The molecule has 0 bridgehead atoms. The molecule has 1 aliphatic rings. The summed E-state index contributed by atoms with van der Waals surface area (Å²) in [6.45, 7) is 8.21. The Hall–Kier alpha value is -2.44. The summed E-state index contributed by atoms with van der Waals surface area (Å²) in [5.41, 5.74) is 2.08. The standard InChI is InChI=1S/C24H29Cl2N3O3/c1-6-7-20(23(30)32-24(2,3)4)28-11-10-17(21(13-28)31-5)18-12-16(25)8-9-19(18)29-14-22(26)27-15-29/h8-10,12-15,20H,6-7,11H2,1-5H3. The lowest BCUT2D eigenvalue weighted by Crippen LogP contribution is -2.43. The molecule has 2 heterocycles. The first-order chi connectivity index (χ1) is 15.1. The van der Waals surface area contributed by atoms with Crippen molar-refractivity contribution in [1.82, 2.24) is 14.5 Å². The highest BCUT2D eigenvalue weighted by Crippen LogP contribution is 2.34. The summed E-state index contributed by atoms with van der Waals surface area (Å²) in [4.78, 5) is 19.0. The van der Waals surface area contributed by atoms with Gasteiger partial charge in [0.05, 0.1) is 12.8 Å². The van der Waals surface area contributed by atoms with E-state index in [9.17, 15) is 4.79 Å². The number of carbonyl (C=O) groups is 1. The summed E-state index contributed by atoms with van der Waals surface area (Å²) in [6, 6.07) is 5.22. The van der Waals surface area contributed by atoms with Crippen LogP contribution in [0.15, 0.2) is 48.8 Å². The van der Waals surface area contributed by atoms with Gasteiger partial charge in [0.25, 0.3) is 0 Å². The van der Waals surface area contributed by atoms with E-state index in [-0.39, 0.29) is 5.97 Å². The number of hydrogen-bond donors (Lipinski definition) is 0. The van der Waals surface area contributed by atoms with E-state index >= 15 is 0 Å². The fraction of sp³-hybridized carbons (Fsp3) is 0.417. The third-order valence-corrected chi connectivity index (χ3v) is 5.42. The van der Waals surface area contributed by atoms with E-state index in [0.29, 0.717) is 28.9 Å². The average Bonchev–Trinajstić information content (AvgIpc) is 3.16. The number of methoxy groups -OCH3 is 1. The lowest BCUT2D eigenvalue weighted by atomic mass is 9.98. The van der Waals surface area contributed by atoms with Crippen molar-refractivity contribution in [2.75, 3.05) is 13.7 Å².